The summed E-state index contributed by atoms with van der Waals surface area (Å²) in [4.78, 5) is 12.7. The summed E-state index contributed by atoms with van der Waals surface area (Å²) in [5, 5.41) is 3.00. The fourth-order valence-electron chi connectivity index (χ4n) is 2.24. The second-order valence-corrected chi connectivity index (χ2v) is 5.72. The fourth-order valence-corrected chi connectivity index (χ4v) is 2.24. The van der Waals surface area contributed by atoms with Gasteiger partial charge in [-0.3, -0.25) is 4.98 Å². The van der Waals surface area contributed by atoms with E-state index in [1.807, 2.05) is 12.1 Å². The molecule has 110 valence electrons. The summed E-state index contributed by atoms with van der Waals surface area (Å²) in [6.45, 7) is 3.55. The predicted molar refractivity (Wildman–Crippen MR) is 76.2 cm³/mol. The van der Waals surface area contributed by atoms with Gasteiger partial charge in [-0.2, -0.15) is 0 Å². The van der Waals surface area contributed by atoms with E-state index in [9.17, 15) is 8.78 Å². The Kier molecular flexibility index (Phi) is 3.11. The molecular formula is C15H16F2N4. The molecule has 2 aromatic heterocycles. The van der Waals surface area contributed by atoms with Crippen LogP contribution in [-0.4, -0.2) is 27.4 Å². The van der Waals surface area contributed by atoms with E-state index in [4.69, 9.17) is 0 Å². The standard InChI is InChI=1S/C15H16F2N4/c1-10-20-12(11-4-3-5-18-7-11)6-13(21-10)19-9-14(2)8-15(14,16)17/h3-7H,8-9H2,1-2H3,(H,19,20,21)/t14-/m1/s1. The first kappa shape index (κ1) is 13.9. The van der Waals surface area contributed by atoms with Gasteiger partial charge in [-0.25, -0.2) is 18.7 Å². The van der Waals surface area contributed by atoms with E-state index in [1.54, 1.807) is 32.3 Å². The molecule has 0 saturated heterocycles. The quantitative estimate of drug-likeness (QED) is 0.938. The largest absolute Gasteiger partial charge is 0.369 e. The summed E-state index contributed by atoms with van der Waals surface area (Å²) >= 11 is 0. The molecule has 6 heteroatoms. The van der Waals surface area contributed by atoms with Crippen molar-refractivity contribution in [3.8, 4) is 11.3 Å². The van der Waals surface area contributed by atoms with E-state index < -0.39 is 11.3 Å². The van der Waals surface area contributed by atoms with Gasteiger partial charge < -0.3 is 5.32 Å². The number of hydrogen-bond donors (Lipinski definition) is 1. The summed E-state index contributed by atoms with van der Waals surface area (Å²) in [7, 11) is 0. The third kappa shape index (κ3) is 2.70. The molecule has 1 fully saturated rings. The Labute approximate surface area is 121 Å². The first-order valence-electron chi connectivity index (χ1n) is 6.77. The molecule has 0 radical (unpaired) electrons. The van der Waals surface area contributed by atoms with Gasteiger partial charge in [-0.15, -0.1) is 0 Å². The molecule has 1 aliphatic carbocycles. The number of nitrogens with one attached hydrogen (secondary N) is 1. The number of rotatable bonds is 4. The number of nitrogens with zero attached hydrogens (tertiary/aromatic N) is 3. The molecule has 1 N–H and O–H groups in total. The third-order valence-electron chi connectivity index (χ3n) is 3.83. The zero-order chi connectivity index (χ0) is 15.1. The fraction of sp³-hybridized carbons (Fsp3) is 0.400. The average Bonchev–Trinajstić information content (AvgIpc) is 2.96. The van der Waals surface area contributed by atoms with E-state index >= 15 is 0 Å². The number of aromatic nitrogens is 3. The number of hydrogen-bond acceptors (Lipinski definition) is 4. The third-order valence-corrected chi connectivity index (χ3v) is 3.83. The summed E-state index contributed by atoms with van der Waals surface area (Å²) in [5.41, 5.74) is 0.625. The monoisotopic (exact) mass is 290 g/mol. The lowest BCUT2D eigenvalue weighted by Gasteiger charge is -2.13. The summed E-state index contributed by atoms with van der Waals surface area (Å²) in [6.07, 6.45) is 3.32. The highest BCUT2D eigenvalue weighted by molar-refractivity contribution is 5.61. The van der Waals surface area contributed by atoms with Crippen molar-refractivity contribution < 1.29 is 8.78 Å². The maximum absolute atomic E-state index is 13.2. The van der Waals surface area contributed by atoms with Crippen molar-refractivity contribution in [3.63, 3.8) is 0 Å². The number of halogens is 2. The van der Waals surface area contributed by atoms with Crippen molar-refractivity contribution in [1.29, 1.82) is 0 Å². The number of anilines is 1. The van der Waals surface area contributed by atoms with Crippen LogP contribution in [0, 0.1) is 12.3 Å². The van der Waals surface area contributed by atoms with Crippen LogP contribution in [0.25, 0.3) is 11.3 Å². The van der Waals surface area contributed by atoms with Crippen LogP contribution < -0.4 is 5.32 Å². The summed E-state index contributed by atoms with van der Waals surface area (Å²) in [5.74, 6) is -1.43. The highest BCUT2D eigenvalue weighted by atomic mass is 19.3. The number of pyridine rings is 1. The lowest BCUT2D eigenvalue weighted by Crippen LogP contribution is -2.19. The molecule has 0 aliphatic heterocycles. The van der Waals surface area contributed by atoms with Crippen LogP contribution in [0.3, 0.4) is 0 Å². The zero-order valence-corrected chi connectivity index (χ0v) is 11.9. The second kappa shape index (κ2) is 4.72. The first-order chi connectivity index (χ1) is 9.90. The van der Waals surface area contributed by atoms with Gasteiger partial charge in [-0.1, -0.05) is 6.92 Å². The molecule has 2 heterocycles. The Bertz CT molecular complexity index is 660. The molecule has 2 aromatic rings. The molecule has 0 aromatic carbocycles. The van der Waals surface area contributed by atoms with Gasteiger partial charge in [-0.05, 0) is 19.1 Å². The zero-order valence-electron chi connectivity index (χ0n) is 11.9. The van der Waals surface area contributed by atoms with E-state index in [1.165, 1.54) is 0 Å². The Hall–Kier alpha value is -2.11. The lowest BCUT2D eigenvalue weighted by atomic mass is 10.1. The van der Waals surface area contributed by atoms with Gasteiger partial charge in [0.15, 0.2) is 0 Å². The van der Waals surface area contributed by atoms with E-state index in [0.29, 0.717) is 11.6 Å². The van der Waals surface area contributed by atoms with E-state index in [-0.39, 0.29) is 13.0 Å². The smallest absolute Gasteiger partial charge is 0.256 e. The van der Waals surface area contributed by atoms with Crippen molar-refractivity contribution in [1.82, 2.24) is 15.0 Å². The Morgan fingerprint density at radius 2 is 2.10 bits per heavy atom. The highest BCUT2D eigenvalue weighted by Gasteiger charge is 2.67. The van der Waals surface area contributed by atoms with Gasteiger partial charge in [0.05, 0.1) is 11.1 Å². The topological polar surface area (TPSA) is 50.7 Å². The van der Waals surface area contributed by atoms with Crippen LogP contribution >= 0.6 is 0 Å². The van der Waals surface area contributed by atoms with Gasteiger partial charge >= 0.3 is 0 Å². The van der Waals surface area contributed by atoms with Crippen LogP contribution in [0.2, 0.25) is 0 Å². The molecular weight excluding hydrogens is 274 g/mol. The molecule has 0 amide bonds. The average molecular weight is 290 g/mol. The normalized spacial score (nSPS) is 22.9. The van der Waals surface area contributed by atoms with Gasteiger partial charge in [0, 0.05) is 37.0 Å². The summed E-state index contributed by atoms with van der Waals surface area (Å²) in [6, 6.07) is 5.48. The molecule has 3 rings (SSSR count). The Morgan fingerprint density at radius 3 is 2.71 bits per heavy atom. The lowest BCUT2D eigenvalue weighted by molar-refractivity contribution is 0.0742. The van der Waals surface area contributed by atoms with Crippen molar-refractivity contribution in [2.24, 2.45) is 5.41 Å². The van der Waals surface area contributed by atoms with Crippen LogP contribution in [0.15, 0.2) is 30.6 Å². The minimum Gasteiger partial charge on any atom is -0.369 e. The van der Waals surface area contributed by atoms with E-state index in [2.05, 4.69) is 20.3 Å². The van der Waals surface area contributed by atoms with Gasteiger partial charge in [0.25, 0.3) is 5.92 Å². The maximum Gasteiger partial charge on any atom is 0.256 e. The minimum atomic E-state index is -2.58. The molecule has 21 heavy (non-hydrogen) atoms. The number of alkyl halides is 2. The van der Waals surface area contributed by atoms with Crippen LogP contribution in [0.5, 0.6) is 0 Å². The predicted octanol–water partition coefficient (Wildman–Crippen LogP) is 3.30. The summed E-state index contributed by atoms with van der Waals surface area (Å²) < 4.78 is 26.5. The van der Waals surface area contributed by atoms with E-state index in [0.717, 1.165) is 11.3 Å². The van der Waals surface area contributed by atoms with Gasteiger partial charge in [0.1, 0.15) is 11.6 Å². The first-order valence-corrected chi connectivity index (χ1v) is 6.77. The molecule has 1 saturated carbocycles. The van der Waals surface area contributed by atoms with Gasteiger partial charge in [0.2, 0.25) is 0 Å². The van der Waals surface area contributed by atoms with Crippen molar-refractivity contribution in [3.05, 3.63) is 36.4 Å². The Balaban J connectivity index is 1.79. The van der Waals surface area contributed by atoms with Crippen LogP contribution in [-0.2, 0) is 0 Å². The van der Waals surface area contributed by atoms with Crippen molar-refractivity contribution in [2.75, 3.05) is 11.9 Å². The molecule has 0 bridgehead atoms. The molecule has 1 atom stereocenters. The molecule has 0 unspecified atom stereocenters. The minimum absolute atomic E-state index is 0.0769. The van der Waals surface area contributed by atoms with Crippen molar-refractivity contribution in [2.45, 2.75) is 26.2 Å². The molecule has 4 nitrogen and oxygen atoms in total. The van der Waals surface area contributed by atoms with Crippen LogP contribution in [0.4, 0.5) is 14.6 Å². The maximum atomic E-state index is 13.2. The Morgan fingerprint density at radius 1 is 1.33 bits per heavy atom. The number of aryl methyl sites for hydroxylation is 1. The van der Waals surface area contributed by atoms with Crippen LogP contribution in [0.1, 0.15) is 19.2 Å². The SMILES string of the molecule is Cc1nc(NC[C@@]2(C)CC2(F)F)cc(-c2cccnc2)n1. The highest BCUT2D eigenvalue weighted by Crippen LogP contribution is 2.59. The second-order valence-electron chi connectivity index (χ2n) is 5.72. The molecule has 1 aliphatic rings. The molecule has 0 spiro atoms. The van der Waals surface area contributed by atoms with Crippen molar-refractivity contribution >= 4 is 5.82 Å².